The van der Waals surface area contributed by atoms with Gasteiger partial charge in [-0.05, 0) is 62.7 Å². The summed E-state index contributed by atoms with van der Waals surface area (Å²) in [6.45, 7) is 13.7. The lowest BCUT2D eigenvalue weighted by Gasteiger charge is -2.48. The average molecular weight is 635 g/mol. The second kappa shape index (κ2) is 13.0. The maximum Gasteiger partial charge on any atom is 0.282 e. The Morgan fingerprint density at radius 2 is 1.83 bits per heavy atom. The van der Waals surface area contributed by atoms with Gasteiger partial charge in [0.1, 0.15) is 23.1 Å². The number of phenols is 1. The molecule has 1 spiro atoms. The van der Waals surface area contributed by atoms with E-state index >= 15 is 0 Å². The van der Waals surface area contributed by atoms with Crippen LogP contribution in [0.1, 0.15) is 50.8 Å². The molecule has 10 nitrogen and oxygen atoms in total. The average Bonchev–Trinajstić information content (AvgIpc) is 3.02. The standard InChI is InChI=1S/C34H44F2N8O2/c1-4-40(5-2)25-21-43(22-25)33-38-28-19-34(12-15-41(16-13-34)30-27(36)7-6-8-29(30)45)11-9-26(28)31(39-33)42-17-18-44(32(46)23(3)35)24(20-42)10-14-37/h6-8,24-25,45H,3-5,9-13,15-22H2,1-2H3/t24-/m0/s1. The number of fused-ring (bicyclic) bond motifs is 1. The molecule has 1 aromatic heterocycles. The van der Waals surface area contributed by atoms with Crippen molar-refractivity contribution in [2.45, 2.75) is 64.5 Å². The number of aromatic nitrogens is 2. The van der Waals surface area contributed by atoms with Gasteiger partial charge in [0, 0.05) is 57.4 Å². The normalized spacial score (nSPS) is 21.3. The first-order valence-electron chi connectivity index (χ1n) is 16.6. The van der Waals surface area contributed by atoms with E-state index in [1.54, 1.807) is 0 Å². The van der Waals surface area contributed by atoms with Crippen LogP contribution < -0.4 is 14.7 Å². The van der Waals surface area contributed by atoms with E-state index < -0.39 is 23.6 Å². The van der Waals surface area contributed by atoms with Crippen molar-refractivity contribution in [3.8, 4) is 11.8 Å². The first-order chi connectivity index (χ1) is 22.2. The smallest absolute Gasteiger partial charge is 0.282 e. The molecular formula is C34H44F2N8O2. The molecule has 46 heavy (non-hydrogen) atoms. The molecule has 6 rings (SSSR count). The Bertz CT molecular complexity index is 1490. The number of piperidine rings is 1. The van der Waals surface area contributed by atoms with Crippen molar-refractivity contribution in [1.29, 1.82) is 5.26 Å². The number of benzene rings is 1. The van der Waals surface area contributed by atoms with Crippen LogP contribution >= 0.6 is 0 Å². The van der Waals surface area contributed by atoms with Crippen molar-refractivity contribution in [2.24, 2.45) is 5.41 Å². The fourth-order valence-electron chi connectivity index (χ4n) is 7.93. The van der Waals surface area contributed by atoms with Crippen molar-refractivity contribution in [1.82, 2.24) is 19.8 Å². The zero-order valence-corrected chi connectivity index (χ0v) is 26.9. The second-order valence-corrected chi connectivity index (χ2v) is 13.2. The van der Waals surface area contributed by atoms with Crippen molar-refractivity contribution in [3.05, 3.63) is 47.7 Å². The number of anilines is 3. The SMILES string of the molecule is C=C(F)C(=O)N1CCN(c2nc(N3CC(N(CC)CC)C3)nc3c2CCC2(CCN(c4c(O)cccc4F)CC2)C3)C[C@@H]1CC#N. The number of halogens is 2. The zero-order valence-electron chi connectivity index (χ0n) is 26.9. The van der Waals surface area contributed by atoms with Gasteiger partial charge in [0.15, 0.2) is 5.83 Å². The number of carbonyl (C=O) groups is 1. The highest BCUT2D eigenvalue weighted by molar-refractivity contribution is 5.91. The Balaban J connectivity index is 1.27. The van der Waals surface area contributed by atoms with Crippen LogP contribution in [0.25, 0.3) is 0 Å². The largest absolute Gasteiger partial charge is 0.506 e. The van der Waals surface area contributed by atoms with Gasteiger partial charge >= 0.3 is 0 Å². The molecule has 1 aromatic carbocycles. The lowest BCUT2D eigenvalue weighted by molar-refractivity contribution is -0.131. The third kappa shape index (κ3) is 5.97. The predicted molar refractivity (Wildman–Crippen MR) is 173 cm³/mol. The van der Waals surface area contributed by atoms with Gasteiger partial charge in [0.25, 0.3) is 5.91 Å². The maximum absolute atomic E-state index is 14.7. The molecule has 4 aliphatic rings. The summed E-state index contributed by atoms with van der Waals surface area (Å²) in [6, 6.07) is 6.59. The van der Waals surface area contributed by atoms with Gasteiger partial charge in [0.2, 0.25) is 5.95 Å². The summed E-state index contributed by atoms with van der Waals surface area (Å²) in [5.74, 6) is -0.654. The van der Waals surface area contributed by atoms with Crippen molar-refractivity contribution in [2.75, 3.05) is 73.6 Å². The van der Waals surface area contributed by atoms with E-state index in [1.165, 1.54) is 23.1 Å². The number of aromatic hydroxyl groups is 1. The van der Waals surface area contributed by atoms with E-state index in [0.29, 0.717) is 38.2 Å². The number of rotatable bonds is 8. The van der Waals surface area contributed by atoms with E-state index in [0.717, 1.165) is 75.4 Å². The van der Waals surface area contributed by atoms with E-state index in [4.69, 9.17) is 9.97 Å². The van der Waals surface area contributed by atoms with Crippen LogP contribution in [0.3, 0.4) is 0 Å². The lowest BCUT2D eigenvalue weighted by Crippen LogP contribution is -2.60. The molecule has 0 unspecified atom stereocenters. The Morgan fingerprint density at radius 3 is 2.48 bits per heavy atom. The van der Waals surface area contributed by atoms with Crippen LogP contribution in [-0.4, -0.2) is 102 Å². The fraction of sp³-hybridized carbons (Fsp3) is 0.588. The van der Waals surface area contributed by atoms with Gasteiger partial charge in [-0.2, -0.15) is 10.2 Å². The summed E-state index contributed by atoms with van der Waals surface area (Å²) in [7, 11) is 0. The Kier molecular flexibility index (Phi) is 9.06. The first-order valence-corrected chi connectivity index (χ1v) is 16.6. The number of nitriles is 1. The molecular weight excluding hydrogens is 590 g/mol. The van der Waals surface area contributed by atoms with Gasteiger partial charge in [0.05, 0.1) is 24.2 Å². The Morgan fingerprint density at radius 1 is 1.09 bits per heavy atom. The molecule has 0 saturated carbocycles. The molecule has 4 heterocycles. The summed E-state index contributed by atoms with van der Waals surface area (Å²) >= 11 is 0. The highest BCUT2D eigenvalue weighted by Crippen LogP contribution is 2.47. The van der Waals surface area contributed by atoms with Crippen LogP contribution in [0.4, 0.5) is 26.2 Å². The van der Waals surface area contributed by atoms with Crippen LogP contribution in [-0.2, 0) is 17.6 Å². The molecule has 0 radical (unpaired) electrons. The Labute approximate surface area is 269 Å². The summed E-state index contributed by atoms with van der Waals surface area (Å²) in [5, 5.41) is 19.9. The molecule has 3 fully saturated rings. The molecule has 12 heteroatoms. The zero-order chi connectivity index (χ0) is 32.6. The van der Waals surface area contributed by atoms with Gasteiger partial charge in [-0.1, -0.05) is 26.5 Å². The van der Waals surface area contributed by atoms with Gasteiger partial charge in [-0.15, -0.1) is 0 Å². The van der Waals surface area contributed by atoms with Crippen LogP contribution in [0.2, 0.25) is 0 Å². The maximum atomic E-state index is 14.7. The quantitative estimate of drug-likeness (QED) is 0.431. The molecule has 0 bridgehead atoms. The molecule has 2 aromatic rings. The number of hydrogen-bond acceptors (Lipinski definition) is 9. The lowest BCUT2D eigenvalue weighted by atomic mass is 9.67. The number of likely N-dealkylation sites (N-methyl/N-ethyl adjacent to an activating group) is 1. The second-order valence-electron chi connectivity index (χ2n) is 13.2. The predicted octanol–water partition coefficient (Wildman–Crippen LogP) is 4.04. The number of hydrogen-bond donors (Lipinski definition) is 1. The monoisotopic (exact) mass is 634 g/mol. The summed E-state index contributed by atoms with van der Waals surface area (Å²) in [6.07, 6.45) is 4.34. The number of phenolic OH excluding ortho intramolecular Hbond substituents is 1. The van der Waals surface area contributed by atoms with Gasteiger partial charge in [-0.3, -0.25) is 9.69 Å². The van der Waals surface area contributed by atoms with Crippen molar-refractivity contribution in [3.63, 3.8) is 0 Å². The highest BCUT2D eigenvalue weighted by atomic mass is 19.1. The molecule has 3 aliphatic heterocycles. The minimum Gasteiger partial charge on any atom is -0.506 e. The van der Waals surface area contributed by atoms with Gasteiger partial charge in [-0.25, -0.2) is 13.8 Å². The number of amides is 1. The van der Waals surface area contributed by atoms with Crippen LogP contribution in [0.15, 0.2) is 30.6 Å². The molecule has 1 amide bonds. The summed E-state index contributed by atoms with van der Waals surface area (Å²) in [4.78, 5) is 33.1. The third-order valence-corrected chi connectivity index (χ3v) is 10.7. The summed E-state index contributed by atoms with van der Waals surface area (Å²) in [5.41, 5.74) is 2.44. The molecule has 246 valence electrons. The number of piperazine rings is 1. The molecule has 3 saturated heterocycles. The molecule has 1 atom stereocenters. The Hall–Kier alpha value is -3.98. The van der Waals surface area contributed by atoms with E-state index in [2.05, 4.69) is 41.2 Å². The number of nitrogens with zero attached hydrogens (tertiary/aromatic N) is 8. The molecule has 1 N–H and O–H groups in total. The minimum absolute atomic E-state index is 0.0158. The summed E-state index contributed by atoms with van der Waals surface area (Å²) < 4.78 is 28.5. The van der Waals surface area contributed by atoms with E-state index in [-0.39, 0.29) is 29.8 Å². The minimum atomic E-state index is -1.01. The van der Waals surface area contributed by atoms with E-state index in [9.17, 15) is 23.9 Å². The number of carbonyl (C=O) groups excluding carboxylic acids is 1. The van der Waals surface area contributed by atoms with E-state index in [1.807, 2.05) is 4.90 Å². The van der Waals surface area contributed by atoms with Crippen LogP contribution in [0, 0.1) is 22.6 Å². The van der Waals surface area contributed by atoms with Crippen molar-refractivity contribution >= 4 is 23.4 Å². The topological polar surface area (TPSA) is 103 Å². The highest BCUT2D eigenvalue weighted by Gasteiger charge is 2.42. The van der Waals surface area contributed by atoms with Crippen LogP contribution in [0.5, 0.6) is 5.75 Å². The first kappa shape index (κ1) is 32.0. The molecule has 1 aliphatic carbocycles. The number of para-hydroxylation sites is 1. The van der Waals surface area contributed by atoms with Crippen molar-refractivity contribution < 1.29 is 18.7 Å². The van der Waals surface area contributed by atoms with Gasteiger partial charge < -0.3 is 24.7 Å². The fourth-order valence-corrected chi connectivity index (χ4v) is 7.93. The third-order valence-electron chi connectivity index (χ3n) is 10.7.